The molecule has 2 aromatic heterocycles. The number of aryl methyl sites for hydroxylation is 1. The van der Waals surface area contributed by atoms with E-state index in [1.54, 1.807) is 23.2 Å². The highest BCUT2D eigenvalue weighted by molar-refractivity contribution is 9.10. The summed E-state index contributed by atoms with van der Waals surface area (Å²) in [6, 6.07) is 1.53. The van der Waals surface area contributed by atoms with Gasteiger partial charge in [0.25, 0.3) is 0 Å². The number of carboxylic acid groups (broad SMARTS) is 1. The van der Waals surface area contributed by atoms with Crippen LogP contribution in [0.4, 0.5) is 0 Å². The van der Waals surface area contributed by atoms with Crippen LogP contribution in [-0.4, -0.2) is 25.6 Å². The maximum Gasteiger partial charge on any atom is 0.338 e. The van der Waals surface area contributed by atoms with Crippen molar-refractivity contribution in [3.05, 3.63) is 34.7 Å². The van der Waals surface area contributed by atoms with Gasteiger partial charge in [0.2, 0.25) is 0 Å². The Balaban J connectivity index is 2.39. The second kappa shape index (κ2) is 4.89. The van der Waals surface area contributed by atoms with Gasteiger partial charge in [-0.05, 0) is 33.8 Å². The average molecular weight is 314 g/mol. The molecule has 0 aliphatic carbocycles. The second-order valence-electron chi connectivity index (χ2n) is 3.23. The van der Waals surface area contributed by atoms with Crippen molar-refractivity contribution < 1.29 is 9.90 Å². The van der Waals surface area contributed by atoms with Crippen LogP contribution in [0.25, 0.3) is 0 Å². The van der Waals surface area contributed by atoms with Gasteiger partial charge in [-0.3, -0.25) is 0 Å². The highest BCUT2D eigenvalue weighted by Crippen LogP contribution is 2.28. The fraction of sp³-hybridized carbons (Fsp3) is 0.100. The van der Waals surface area contributed by atoms with Gasteiger partial charge in [-0.2, -0.15) is 0 Å². The van der Waals surface area contributed by atoms with E-state index in [0.29, 0.717) is 14.7 Å². The molecule has 5 nitrogen and oxygen atoms in total. The summed E-state index contributed by atoms with van der Waals surface area (Å²) in [5.74, 6) is -1.00. The van der Waals surface area contributed by atoms with E-state index in [1.165, 1.54) is 17.8 Å². The zero-order valence-corrected chi connectivity index (χ0v) is 11.2. The molecule has 2 heterocycles. The number of carbonyl (C=O) groups is 1. The van der Waals surface area contributed by atoms with Crippen LogP contribution in [0.5, 0.6) is 0 Å². The van der Waals surface area contributed by atoms with E-state index >= 15 is 0 Å². The van der Waals surface area contributed by atoms with Crippen molar-refractivity contribution in [2.24, 2.45) is 7.05 Å². The minimum Gasteiger partial charge on any atom is -0.478 e. The molecule has 0 amide bonds. The minimum absolute atomic E-state index is 0.160. The van der Waals surface area contributed by atoms with Crippen LogP contribution in [0, 0.1) is 0 Å². The van der Waals surface area contributed by atoms with Gasteiger partial charge in [0.15, 0.2) is 5.16 Å². The van der Waals surface area contributed by atoms with Crippen LogP contribution >= 0.6 is 27.7 Å². The molecule has 0 saturated carbocycles. The lowest BCUT2D eigenvalue weighted by Gasteiger charge is -2.04. The van der Waals surface area contributed by atoms with Crippen molar-refractivity contribution in [2.75, 3.05) is 0 Å². The number of aromatic nitrogens is 3. The van der Waals surface area contributed by atoms with Crippen molar-refractivity contribution in [1.82, 2.24) is 14.5 Å². The number of halogens is 1. The predicted octanol–water partition coefficient (Wildman–Crippen LogP) is 2.43. The number of carboxylic acids is 1. The molecule has 0 unspecified atom stereocenters. The van der Waals surface area contributed by atoms with Gasteiger partial charge in [0.1, 0.15) is 5.03 Å². The number of aromatic carboxylic acids is 1. The van der Waals surface area contributed by atoms with Crippen molar-refractivity contribution in [1.29, 1.82) is 0 Å². The molecule has 0 radical (unpaired) electrons. The Bertz CT molecular complexity index is 570. The summed E-state index contributed by atoms with van der Waals surface area (Å²) in [5, 5.41) is 10.2. The van der Waals surface area contributed by atoms with E-state index in [9.17, 15) is 4.79 Å². The molecule has 0 aliphatic rings. The van der Waals surface area contributed by atoms with Crippen LogP contribution in [-0.2, 0) is 7.05 Å². The predicted molar refractivity (Wildman–Crippen MR) is 66.2 cm³/mol. The van der Waals surface area contributed by atoms with E-state index in [-0.39, 0.29) is 5.56 Å². The molecule has 2 rings (SSSR count). The number of pyridine rings is 1. The van der Waals surface area contributed by atoms with E-state index in [4.69, 9.17) is 5.11 Å². The number of rotatable bonds is 3. The van der Waals surface area contributed by atoms with Gasteiger partial charge in [-0.25, -0.2) is 14.8 Å². The third-order valence-electron chi connectivity index (χ3n) is 2.01. The first kappa shape index (κ1) is 12.1. The molecule has 0 aliphatic heterocycles. The third kappa shape index (κ3) is 2.67. The molecule has 0 bridgehead atoms. The lowest BCUT2D eigenvalue weighted by atomic mass is 10.3. The summed E-state index contributed by atoms with van der Waals surface area (Å²) < 4.78 is 2.44. The van der Waals surface area contributed by atoms with Gasteiger partial charge in [0.05, 0.1) is 5.56 Å². The summed E-state index contributed by atoms with van der Waals surface area (Å²) >= 11 is 4.42. The molecule has 0 atom stereocenters. The molecule has 0 fully saturated rings. The summed E-state index contributed by atoms with van der Waals surface area (Å²) in [5.41, 5.74) is 0.160. The van der Waals surface area contributed by atoms with Crippen molar-refractivity contribution in [2.45, 2.75) is 10.2 Å². The molecule has 1 N–H and O–H groups in total. The highest BCUT2D eigenvalue weighted by Gasteiger charge is 2.15. The van der Waals surface area contributed by atoms with Crippen LogP contribution < -0.4 is 0 Å². The van der Waals surface area contributed by atoms with Crippen LogP contribution in [0.3, 0.4) is 0 Å². The van der Waals surface area contributed by atoms with E-state index in [0.717, 1.165) is 0 Å². The lowest BCUT2D eigenvalue weighted by molar-refractivity contribution is 0.0692. The molecule has 0 saturated heterocycles. The molecule has 17 heavy (non-hydrogen) atoms. The standard InChI is InChI=1S/C10H8BrN3O2S/c1-14-3-2-12-10(14)17-8-7(9(15)16)4-6(11)5-13-8/h2-5H,1H3,(H,15,16). The van der Waals surface area contributed by atoms with Gasteiger partial charge in [-0.15, -0.1) is 0 Å². The maximum absolute atomic E-state index is 11.1. The van der Waals surface area contributed by atoms with Crippen molar-refractivity contribution >= 4 is 33.7 Å². The zero-order chi connectivity index (χ0) is 12.4. The third-order valence-corrected chi connectivity index (χ3v) is 3.54. The average Bonchev–Trinajstić information content (AvgIpc) is 2.67. The summed E-state index contributed by atoms with van der Waals surface area (Å²) in [4.78, 5) is 19.3. The Hall–Kier alpha value is -1.34. The first-order valence-corrected chi connectivity index (χ1v) is 6.23. The number of hydrogen-bond acceptors (Lipinski definition) is 4. The first-order valence-electron chi connectivity index (χ1n) is 4.62. The zero-order valence-electron chi connectivity index (χ0n) is 8.79. The van der Waals surface area contributed by atoms with Gasteiger partial charge in [-0.1, -0.05) is 0 Å². The second-order valence-corrected chi connectivity index (χ2v) is 5.11. The largest absolute Gasteiger partial charge is 0.478 e. The molecular formula is C10H8BrN3O2S. The quantitative estimate of drug-likeness (QED) is 0.942. The van der Waals surface area contributed by atoms with Crippen LogP contribution in [0.1, 0.15) is 10.4 Å². The van der Waals surface area contributed by atoms with E-state index in [1.807, 2.05) is 7.05 Å². The minimum atomic E-state index is -1.00. The van der Waals surface area contributed by atoms with Gasteiger partial charge < -0.3 is 9.67 Å². The van der Waals surface area contributed by atoms with Crippen molar-refractivity contribution in [3.63, 3.8) is 0 Å². The van der Waals surface area contributed by atoms with Gasteiger partial charge in [0, 0.05) is 30.1 Å². The fourth-order valence-electron chi connectivity index (χ4n) is 1.20. The smallest absolute Gasteiger partial charge is 0.338 e. The fourth-order valence-corrected chi connectivity index (χ4v) is 2.38. The monoisotopic (exact) mass is 313 g/mol. The Morgan fingerprint density at radius 3 is 2.88 bits per heavy atom. The Labute approximate surface area is 110 Å². The number of imidazole rings is 1. The Kier molecular flexibility index (Phi) is 3.49. The molecule has 7 heteroatoms. The van der Waals surface area contributed by atoms with Gasteiger partial charge >= 0.3 is 5.97 Å². The summed E-state index contributed by atoms with van der Waals surface area (Å²) in [6.45, 7) is 0. The SMILES string of the molecule is Cn1ccnc1Sc1ncc(Br)cc1C(=O)O. The lowest BCUT2D eigenvalue weighted by Crippen LogP contribution is -2.01. The van der Waals surface area contributed by atoms with E-state index < -0.39 is 5.97 Å². The molecule has 0 aromatic carbocycles. The van der Waals surface area contributed by atoms with Crippen molar-refractivity contribution in [3.8, 4) is 0 Å². The highest BCUT2D eigenvalue weighted by atomic mass is 79.9. The summed E-state index contributed by atoms with van der Waals surface area (Å²) in [6.07, 6.45) is 5.01. The Morgan fingerprint density at radius 2 is 2.29 bits per heavy atom. The maximum atomic E-state index is 11.1. The topological polar surface area (TPSA) is 68.0 Å². The number of hydrogen-bond donors (Lipinski definition) is 1. The Morgan fingerprint density at radius 1 is 1.53 bits per heavy atom. The molecule has 88 valence electrons. The normalized spacial score (nSPS) is 10.5. The van der Waals surface area contributed by atoms with E-state index in [2.05, 4.69) is 25.9 Å². The molecule has 0 spiro atoms. The first-order chi connectivity index (χ1) is 8.08. The molecular weight excluding hydrogens is 306 g/mol. The number of nitrogens with zero attached hydrogens (tertiary/aromatic N) is 3. The molecule has 2 aromatic rings. The van der Waals surface area contributed by atoms with Crippen LogP contribution in [0.2, 0.25) is 0 Å². The summed E-state index contributed by atoms with van der Waals surface area (Å²) in [7, 11) is 1.84. The van der Waals surface area contributed by atoms with Crippen LogP contribution in [0.15, 0.2) is 39.3 Å².